The third-order valence-corrected chi connectivity index (χ3v) is 6.96. The molecule has 230 valence electrons. The van der Waals surface area contributed by atoms with E-state index >= 15 is 0 Å². The van der Waals surface area contributed by atoms with Crippen molar-refractivity contribution in [2.75, 3.05) is 5.73 Å². The lowest BCUT2D eigenvalue weighted by molar-refractivity contribution is -0.137. The molecule has 0 spiro atoms. The van der Waals surface area contributed by atoms with Crippen LogP contribution in [0.1, 0.15) is 46.7 Å². The molecule has 4 aromatic rings. The Kier molecular flexibility index (Phi) is 10.6. The van der Waals surface area contributed by atoms with Crippen molar-refractivity contribution in [2.24, 2.45) is 0 Å². The number of alkyl halides is 9. The maximum absolute atomic E-state index is 13.0. The van der Waals surface area contributed by atoms with Crippen LogP contribution in [0.5, 0.6) is 0 Å². The predicted octanol–water partition coefficient (Wildman–Crippen LogP) is 10.1. The third-order valence-electron chi connectivity index (χ3n) is 6.96. The van der Waals surface area contributed by atoms with Crippen LogP contribution in [0.2, 0.25) is 0 Å². The summed E-state index contributed by atoms with van der Waals surface area (Å²) in [6.07, 6.45) is -14.1. The zero-order valence-electron chi connectivity index (χ0n) is 23.1. The lowest BCUT2D eigenvalue weighted by Gasteiger charge is -2.35. The molecule has 1 nitrogen and oxygen atoms in total. The van der Waals surface area contributed by atoms with E-state index in [2.05, 4.69) is 0 Å². The second-order valence-electron chi connectivity index (χ2n) is 10.2. The molecule has 0 fully saturated rings. The lowest BCUT2D eigenvalue weighted by atomic mass is 9.68. The molecule has 0 saturated carbocycles. The van der Waals surface area contributed by atoms with Gasteiger partial charge in [0, 0.05) is 11.1 Å². The molecule has 0 aromatic heterocycles. The van der Waals surface area contributed by atoms with Gasteiger partial charge in [0.2, 0.25) is 0 Å². The largest absolute Gasteiger partial charge is 0.416 e. The third kappa shape index (κ3) is 10.1. The topological polar surface area (TPSA) is 26.0 Å². The van der Waals surface area contributed by atoms with Crippen LogP contribution in [0.3, 0.4) is 0 Å². The van der Waals surface area contributed by atoms with E-state index in [-0.39, 0.29) is 11.1 Å². The van der Waals surface area contributed by atoms with Crippen LogP contribution in [0.15, 0.2) is 103 Å². The van der Waals surface area contributed by atoms with Gasteiger partial charge >= 0.3 is 18.5 Å². The van der Waals surface area contributed by atoms with Crippen LogP contribution in [-0.2, 0) is 30.9 Å². The summed E-state index contributed by atoms with van der Waals surface area (Å²) in [6.45, 7) is 1.91. The Labute approximate surface area is 244 Å². The zero-order valence-corrected chi connectivity index (χ0v) is 23.1. The Morgan fingerprint density at radius 2 is 0.930 bits per heavy atom. The molecule has 0 radical (unpaired) electrons. The number of hydrogen-bond acceptors (Lipinski definition) is 1. The highest BCUT2D eigenvalue weighted by atomic mass is 19.4. The van der Waals surface area contributed by atoms with E-state index in [4.69, 9.17) is 5.73 Å². The number of halogens is 9. The van der Waals surface area contributed by atoms with Crippen LogP contribution in [0.4, 0.5) is 45.2 Å². The summed E-state index contributed by atoms with van der Waals surface area (Å²) in [5, 5.41) is 0. The number of nitrogens with two attached hydrogens (primary N) is 1. The average molecular weight is 612 g/mol. The average Bonchev–Trinajstić information content (AvgIpc) is 2.91. The Bertz CT molecular complexity index is 1380. The van der Waals surface area contributed by atoms with E-state index in [9.17, 15) is 39.5 Å². The fourth-order valence-electron chi connectivity index (χ4n) is 4.94. The maximum atomic E-state index is 13.0. The first-order valence-corrected chi connectivity index (χ1v) is 13.3. The van der Waals surface area contributed by atoms with E-state index in [0.717, 1.165) is 17.7 Å². The fraction of sp³-hybridized carbons (Fsp3) is 0.273. The molecule has 43 heavy (non-hydrogen) atoms. The number of benzene rings is 4. The molecule has 4 rings (SSSR count). The van der Waals surface area contributed by atoms with Crippen LogP contribution >= 0.6 is 0 Å². The molecule has 0 aliphatic heterocycles. The Balaban J connectivity index is 0.000000386. The van der Waals surface area contributed by atoms with Gasteiger partial charge in [0.25, 0.3) is 0 Å². The van der Waals surface area contributed by atoms with E-state index in [1.165, 1.54) is 36.4 Å². The normalized spacial score (nSPS) is 12.4. The minimum absolute atomic E-state index is 0.132. The number of nitrogen functional groups attached to an aromatic ring is 1. The monoisotopic (exact) mass is 611 g/mol. The van der Waals surface area contributed by atoms with Gasteiger partial charge in [-0.05, 0) is 64.9 Å². The van der Waals surface area contributed by atoms with Crippen molar-refractivity contribution >= 4 is 5.69 Å². The second-order valence-corrected chi connectivity index (χ2v) is 10.2. The summed E-state index contributed by atoms with van der Waals surface area (Å²) >= 11 is 0. The quantitative estimate of drug-likeness (QED) is 0.163. The highest BCUT2D eigenvalue weighted by molar-refractivity contribution is 5.45. The number of rotatable bonds is 7. The molecule has 4 aromatic carbocycles. The number of anilines is 1. The highest BCUT2D eigenvalue weighted by Crippen LogP contribution is 2.40. The number of hydrogen-bond donors (Lipinski definition) is 1. The van der Waals surface area contributed by atoms with Gasteiger partial charge in [-0.1, -0.05) is 85.8 Å². The van der Waals surface area contributed by atoms with E-state index in [1.54, 1.807) is 24.3 Å². The van der Waals surface area contributed by atoms with Crippen molar-refractivity contribution in [2.45, 2.75) is 56.6 Å². The van der Waals surface area contributed by atoms with Crippen molar-refractivity contribution in [3.8, 4) is 0 Å². The maximum Gasteiger partial charge on any atom is 0.416 e. The summed E-state index contributed by atoms with van der Waals surface area (Å²) in [7, 11) is 0. The van der Waals surface area contributed by atoms with Gasteiger partial charge in [0.15, 0.2) is 0 Å². The van der Waals surface area contributed by atoms with Crippen LogP contribution < -0.4 is 5.73 Å². The van der Waals surface area contributed by atoms with Gasteiger partial charge in [0.1, 0.15) is 0 Å². The zero-order chi connectivity index (χ0) is 31.9. The first-order valence-electron chi connectivity index (χ1n) is 13.3. The minimum Gasteiger partial charge on any atom is -0.399 e. The lowest BCUT2D eigenvalue weighted by Crippen LogP contribution is -2.30. The molecule has 0 heterocycles. The summed E-state index contributed by atoms with van der Waals surface area (Å²) in [4.78, 5) is 0. The molecule has 0 atom stereocenters. The molecule has 0 aliphatic carbocycles. The van der Waals surface area contributed by atoms with Gasteiger partial charge in [-0.25, -0.2) is 0 Å². The molecule has 2 N–H and O–H groups in total. The molecular weight excluding hydrogens is 581 g/mol. The molecule has 10 heteroatoms. The SMILES string of the molecule is CCC(Cc1ccccc1)(c1cccc(CC(F)(F)F)c1)c1cccc(CC(F)(F)F)c1.Nc1ccc(C(F)(F)F)cc1. The standard InChI is InChI=1S/C26H24F6.C7H6F3N/c1-2-24(16-19-8-4-3-5-9-19,22-12-6-10-20(14-22)17-25(27,28)29)23-13-7-11-21(15-23)18-26(30,31)32;8-7(9,10)5-1-3-6(11)4-2-5/h3-15H,2,16-18H2,1H3;1-4H,11H2. The summed E-state index contributed by atoms with van der Waals surface area (Å²) in [6, 6.07) is 26.5. The minimum atomic E-state index is -4.35. The summed E-state index contributed by atoms with van der Waals surface area (Å²) in [5.74, 6) is 0. The fourth-order valence-corrected chi connectivity index (χ4v) is 4.94. The summed E-state index contributed by atoms with van der Waals surface area (Å²) < 4.78 is 114. The van der Waals surface area contributed by atoms with Crippen molar-refractivity contribution in [3.05, 3.63) is 137 Å². The van der Waals surface area contributed by atoms with Crippen LogP contribution in [-0.4, -0.2) is 12.4 Å². The molecule has 0 bridgehead atoms. The second kappa shape index (κ2) is 13.6. The molecule has 0 unspecified atom stereocenters. The highest BCUT2D eigenvalue weighted by Gasteiger charge is 2.36. The van der Waals surface area contributed by atoms with Crippen LogP contribution in [0.25, 0.3) is 0 Å². The molecule has 0 amide bonds. The van der Waals surface area contributed by atoms with Crippen molar-refractivity contribution in [1.29, 1.82) is 0 Å². The molecular formula is C33H30F9N. The molecule has 0 aliphatic rings. The van der Waals surface area contributed by atoms with Gasteiger partial charge in [-0.15, -0.1) is 0 Å². The Hall–Kier alpha value is -3.95. The van der Waals surface area contributed by atoms with Crippen LogP contribution in [0, 0.1) is 0 Å². The van der Waals surface area contributed by atoms with Crippen molar-refractivity contribution in [1.82, 2.24) is 0 Å². The van der Waals surface area contributed by atoms with E-state index in [0.29, 0.717) is 29.7 Å². The Morgan fingerprint density at radius 3 is 1.33 bits per heavy atom. The van der Waals surface area contributed by atoms with Crippen molar-refractivity contribution in [3.63, 3.8) is 0 Å². The Morgan fingerprint density at radius 1 is 0.488 bits per heavy atom. The van der Waals surface area contributed by atoms with Gasteiger partial charge in [-0.2, -0.15) is 39.5 Å². The summed E-state index contributed by atoms with van der Waals surface area (Å²) in [5.41, 5.74) is 6.63. The predicted molar refractivity (Wildman–Crippen MR) is 149 cm³/mol. The smallest absolute Gasteiger partial charge is 0.399 e. The van der Waals surface area contributed by atoms with Gasteiger partial charge < -0.3 is 5.73 Å². The molecule has 0 saturated heterocycles. The van der Waals surface area contributed by atoms with Crippen molar-refractivity contribution < 1.29 is 39.5 Å². The van der Waals surface area contributed by atoms with E-state index in [1.807, 2.05) is 37.3 Å². The van der Waals surface area contributed by atoms with E-state index < -0.39 is 42.3 Å². The first kappa shape index (κ1) is 33.6. The first-order chi connectivity index (χ1) is 20.0. The van der Waals surface area contributed by atoms with Gasteiger partial charge in [0.05, 0.1) is 18.4 Å². The van der Waals surface area contributed by atoms with Gasteiger partial charge in [-0.3, -0.25) is 0 Å².